The third-order valence-corrected chi connectivity index (χ3v) is 3.82. The molecule has 2 aliphatic rings. The fourth-order valence-electron chi connectivity index (χ4n) is 2.83. The van der Waals surface area contributed by atoms with E-state index in [2.05, 4.69) is 0 Å². The summed E-state index contributed by atoms with van der Waals surface area (Å²) in [6.07, 6.45) is 4.92. The average molecular weight is 246 g/mol. The Labute approximate surface area is 107 Å². The number of carbonyl (C=O) groups excluding carboxylic acids is 1. The summed E-state index contributed by atoms with van der Waals surface area (Å²) < 4.78 is 11.7. The number of ether oxygens (including phenoxy) is 2. The molecule has 3 rings (SSSR count). The van der Waals surface area contributed by atoms with E-state index in [-0.39, 0.29) is 5.78 Å². The Kier molecular flexibility index (Phi) is 3.18. The quantitative estimate of drug-likeness (QED) is 0.753. The van der Waals surface area contributed by atoms with Crippen LogP contribution in [-0.2, 0) is 9.47 Å². The summed E-state index contributed by atoms with van der Waals surface area (Å²) in [5.74, 6) is -0.425. The SMILES string of the molecule is O=C(c1ccccc1)C1COC2(CCCCC2)O1. The summed E-state index contributed by atoms with van der Waals surface area (Å²) in [6, 6.07) is 9.32. The van der Waals surface area contributed by atoms with E-state index in [1.807, 2.05) is 30.3 Å². The van der Waals surface area contributed by atoms with Crippen molar-refractivity contribution in [3.8, 4) is 0 Å². The van der Waals surface area contributed by atoms with E-state index in [1.54, 1.807) is 0 Å². The van der Waals surface area contributed by atoms with Crippen LogP contribution in [0.5, 0.6) is 0 Å². The number of carbonyl (C=O) groups is 1. The predicted octanol–water partition coefficient (Wildman–Crippen LogP) is 2.95. The van der Waals surface area contributed by atoms with Crippen LogP contribution in [-0.4, -0.2) is 24.3 Å². The molecular formula is C15H18O3. The van der Waals surface area contributed by atoms with Crippen molar-refractivity contribution in [3.05, 3.63) is 35.9 Å². The molecule has 96 valence electrons. The van der Waals surface area contributed by atoms with E-state index in [1.165, 1.54) is 6.42 Å². The Bertz CT molecular complexity index is 421. The lowest BCUT2D eigenvalue weighted by molar-refractivity contribution is -0.182. The fraction of sp³-hybridized carbons (Fsp3) is 0.533. The Morgan fingerprint density at radius 1 is 1.11 bits per heavy atom. The molecule has 3 heteroatoms. The molecule has 0 radical (unpaired) electrons. The zero-order chi connectivity index (χ0) is 12.4. The molecule has 1 atom stereocenters. The summed E-state index contributed by atoms with van der Waals surface area (Å²) in [4.78, 5) is 12.3. The van der Waals surface area contributed by atoms with Gasteiger partial charge in [0.15, 0.2) is 11.6 Å². The molecule has 2 fully saturated rings. The highest BCUT2D eigenvalue weighted by molar-refractivity contribution is 5.99. The van der Waals surface area contributed by atoms with E-state index < -0.39 is 11.9 Å². The standard InChI is InChI=1S/C15H18O3/c16-14(12-7-3-1-4-8-12)13-11-17-15(18-13)9-5-2-6-10-15/h1,3-4,7-8,13H,2,5-6,9-11H2. The molecular weight excluding hydrogens is 228 g/mol. The first-order chi connectivity index (χ1) is 8.79. The lowest BCUT2D eigenvalue weighted by Gasteiger charge is -2.31. The van der Waals surface area contributed by atoms with Gasteiger partial charge in [0.2, 0.25) is 0 Å². The van der Waals surface area contributed by atoms with Crippen LogP contribution < -0.4 is 0 Å². The molecule has 18 heavy (non-hydrogen) atoms. The first-order valence-electron chi connectivity index (χ1n) is 6.70. The van der Waals surface area contributed by atoms with Crippen molar-refractivity contribution >= 4 is 5.78 Å². The lowest BCUT2D eigenvalue weighted by atomic mass is 9.94. The highest BCUT2D eigenvalue weighted by Gasteiger charge is 2.44. The fourth-order valence-corrected chi connectivity index (χ4v) is 2.83. The molecule has 3 nitrogen and oxygen atoms in total. The van der Waals surface area contributed by atoms with Crippen molar-refractivity contribution in [2.24, 2.45) is 0 Å². The van der Waals surface area contributed by atoms with Crippen LogP contribution >= 0.6 is 0 Å². The molecule has 1 aromatic rings. The Hall–Kier alpha value is -1.19. The lowest BCUT2D eigenvalue weighted by Crippen LogP contribution is -2.34. The zero-order valence-corrected chi connectivity index (χ0v) is 10.4. The molecule has 0 N–H and O–H groups in total. The largest absolute Gasteiger partial charge is 0.347 e. The average Bonchev–Trinajstić information content (AvgIpc) is 2.83. The zero-order valence-electron chi connectivity index (χ0n) is 10.4. The van der Waals surface area contributed by atoms with Crippen LogP contribution in [0.1, 0.15) is 42.5 Å². The maximum atomic E-state index is 12.3. The van der Waals surface area contributed by atoms with Gasteiger partial charge in [-0.15, -0.1) is 0 Å². The number of hydrogen-bond donors (Lipinski definition) is 0. The molecule has 1 saturated heterocycles. The summed E-state index contributed by atoms with van der Waals surface area (Å²) in [6.45, 7) is 0.397. The van der Waals surface area contributed by atoms with Crippen LogP contribution in [0.2, 0.25) is 0 Å². The Balaban J connectivity index is 1.70. The van der Waals surface area contributed by atoms with Gasteiger partial charge in [0, 0.05) is 18.4 Å². The van der Waals surface area contributed by atoms with Crippen LogP contribution in [0, 0.1) is 0 Å². The van der Waals surface area contributed by atoms with Crippen molar-refractivity contribution in [1.82, 2.24) is 0 Å². The Morgan fingerprint density at radius 2 is 1.83 bits per heavy atom. The highest BCUT2D eigenvalue weighted by atomic mass is 16.7. The van der Waals surface area contributed by atoms with Gasteiger partial charge in [0.1, 0.15) is 6.10 Å². The number of rotatable bonds is 2. The maximum absolute atomic E-state index is 12.3. The third-order valence-electron chi connectivity index (χ3n) is 3.82. The molecule has 0 bridgehead atoms. The van der Waals surface area contributed by atoms with E-state index in [4.69, 9.17) is 9.47 Å². The van der Waals surface area contributed by atoms with E-state index in [9.17, 15) is 4.79 Å². The first kappa shape index (κ1) is 11.9. The minimum absolute atomic E-state index is 0.0399. The first-order valence-corrected chi connectivity index (χ1v) is 6.70. The van der Waals surface area contributed by atoms with Gasteiger partial charge < -0.3 is 9.47 Å². The van der Waals surface area contributed by atoms with Gasteiger partial charge in [-0.3, -0.25) is 4.79 Å². The summed E-state index contributed by atoms with van der Waals surface area (Å²) in [7, 11) is 0. The van der Waals surface area contributed by atoms with Crippen LogP contribution in [0.15, 0.2) is 30.3 Å². The van der Waals surface area contributed by atoms with E-state index in [0.29, 0.717) is 12.2 Å². The monoisotopic (exact) mass is 246 g/mol. The molecule has 1 unspecified atom stereocenters. The molecule has 1 spiro atoms. The van der Waals surface area contributed by atoms with Crippen LogP contribution in [0.25, 0.3) is 0 Å². The second-order valence-corrected chi connectivity index (χ2v) is 5.12. The molecule has 1 aliphatic heterocycles. The van der Waals surface area contributed by atoms with Crippen molar-refractivity contribution < 1.29 is 14.3 Å². The number of Topliss-reactive ketones (excluding diaryl/α,β-unsaturated/α-hetero) is 1. The number of hydrogen-bond acceptors (Lipinski definition) is 3. The topological polar surface area (TPSA) is 35.5 Å². The van der Waals surface area contributed by atoms with Crippen LogP contribution in [0.4, 0.5) is 0 Å². The van der Waals surface area contributed by atoms with Gasteiger partial charge in [0.05, 0.1) is 6.61 Å². The normalized spacial score (nSPS) is 26.3. The minimum atomic E-state index is -0.465. The number of benzene rings is 1. The van der Waals surface area contributed by atoms with Crippen molar-refractivity contribution in [3.63, 3.8) is 0 Å². The molecule has 1 aliphatic carbocycles. The molecule has 1 aromatic carbocycles. The minimum Gasteiger partial charge on any atom is -0.347 e. The smallest absolute Gasteiger partial charge is 0.194 e. The van der Waals surface area contributed by atoms with Gasteiger partial charge in [-0.25, -0.2) is 0 Å². The maximum Gasteiger partial charge on any atom is 0.194 e. The molecule has 1 saturated carbocycles. The van der Waals surface area contributed by atoms with Gasteiger partial charge in [-0.1, -0.05) is 36.8 Å². The second kappa shape index (κ2) is 4.82. The van der Waals surface area contributed by atoms with Gasteiger partial charge >= 0.3 is 0 Å². The molecule has 1 heterocycles. The summed E-state index contributed by atoms with van der Waals surface area (Å²) >= 11 is 0. The van der Waals surface area contributed by atoms with Gasteiger partial charge in [0.25, 0.3) is 0 Å². The molecule has 0 amide bonds. The van der Waals surface area contributed by atoms with Gasteiger partial charge in [-0.2, -0.15) is 0 Å². The highest BCUT2D eigenvalue weighted by Crippen LogP contribution is 2.38. The van der Waals surface area contributed by atoms with Crippen molar-refractivity contribution in [2.45, 2.75) is 44.0 Å². The third kappa shape index (κ3) is 2.20. The van der Waals surface area contributed by atoms with Crippen molar-refractivity contribution in [1.29, 1.82) is 0 Å². The predicted molar refractivity (Wildman–Crippen MR) is 67.4 cm³/mol. The van der Waals surface area contributed by atoms with Gasteiger partial charge in [-0.05, 0) is 12.8 Å². The van der Waals surface area contributed by atoms with E-state index in [0.717, 1.165) is 25.7 Å². The van der Waals surface area contributed by atoms with Crippen LogP contribution in [0.3, 0.4) is 0 Å². The Morgan fingerprint density at radius 3 is 2.56 bits per heavy atom. The van der Waals surface area contributed by atoms with E-state index >= 15 is 0 Å². The number of ketones is 1. The summed E-state index contributed by atoms with van der Waals surface area (Å²) in [5.41, 5.74) is 0.707. The summed E-state index contributed by atoms with van der Waals surface area (Å²) in [5, 5.41) is 0. The molecule has 0 aromatic heterocycles. The second-order valence-electron chi connectivity index (χ2n) is 5.12. The van der Waals surface area contributed by atoms with Crippen molar-refractivity contribution in [2.75, 3.05) is 6.61 Å².